The number of ketones is 3. The third-order valence-corrected chi connectivity index (χ3v) is 16.1. The van der Waals surface area contributed by atoms with E-state index in [1.807, 2.05) is 51.2 Å². The number of ether oxygens (including phenoxy) is 8. The van der Waals surface area contributed by atoms with Crippen LogP contribution in [0.15, 0.2) is 47.6 Å². The summed E-state index contributed by atoms with van der Waals surface area (Å²) in [6.45, 7) is 11.3. The van der Waals surface area contributed by atoms with Crippen molar-refractivity contribution in [2.24, 2.45) is 35.5 Å². The average molecular weight is 1060 g/mol. The quantitative estimate of drug-likeness (QED) is 0.123. The number of allylic oxidation sites excluding steroid dienone is 6. The van der Waals surface area contributed by atoms with Crippen molar-refractivity contribution >= 4 is 29.2 Å². The van der Waals surface area contributed by atoms with Gasteiger partial charge >= 0.3 is 12.6 Å². The smallest absolute Gasteiger partial charge is 0.345 e. The number of fused-ring (bicyclic) bond motifs is 3. The molecule has 0 radical (unpaired) electrons. The van der Waals surface area contributed by atoms with E-state index in [4.69, 9.17) is 37.9 Å². The van der Waals surface area contributed by atoms with Gasteiger partial charge in [-0.1, -0.05) is 71.1 Å². The molecule has 1 aliphatic carbocycles. The highest BCUT2D eigenvalue weighted by atomic mass is 19.3. The van der Waals surface area contributed by atoms with E-state index >= 15 is 0 Å². The van der Waals surface area contributed by atoms with Gasteiger partial charge in [-0.15, -0.1) is 0 Å². The fourth-order valence-corrected chi connectivity index (χ4v) is 11.3. The summed E-state index contributed by atoms with van der Waals surface area (Å²) in [4.78, 5) is 72.1. The van der Waals surface area contributed by atoms with Crippen molar-refractivity contribution in [1.29, 1.82) is 0 Å². The van der Waals surface area contributed by atoms with E-state index in [9.17, 15) is 43.0 Å². The third kappa shape index (κ3) is 18.2. The fourth-order valence-electron chi connectivity index (χ4n) is 11.3. The monoisotopic (exact) mass is 1060 g/mol. The van der Waals surface area contributed by atoms with Gasteiger partial charge in [-0.3, -0.25) is 19.2 Å². The largest absolute Gasteiger partial charge is 0.460 e. The molecule has 1 amide bonds. The lowest BCUT2D eigenvalue weighted by Crippen LogP contribution is -2.54. The maximum atomic E-state index is 14.5. The van der Waals surface area contributed by atoms with Crippen molar-refractivity contribution in [2.45, 2.75) is 199 Å². The average Bonchev–Trinajstić information content (AvgIpc) is 3.38. The molecule has 0 aromatic carbocycles. The zero-order valence-electron chi connectivity index (χ0n) is 45.8. The van der Waals surface area contributed by atoms with Gasteiger partial charge in [0.05, 0.1) is 57.3 Å². The summed E-state index contributed by atoms with van der Waals surface area (Å²) in [5, 5.41) is 23.6. The molecule has 0 aromatic heterocycles. The van der Waals surface area contributed by atoms with E-state index in [1.54, 1.807) is 33.8 Å². The number of aliphatic hydroxyl groups excluding tert-OH is 1. The number of halogens is 2. The predicted octanol–water partition coefficient (Wildman–Crippen LogP) is 7.60. The van der Waals surface area contributed by atoms with E-state index in [-0.39, 0.29) is 55.5 Å². The van der Waals surface area contributed by atoms with Crippen LogP contribution >= 0.6 is 0 Å². The van der Waals surface area contributed by atoms with Gasteiger partial charge in [-0.2, -0.15) is 8.78 Å². The van der Waals surface area contributed by atoms with E-state index in [2.05, 4.69) is 0 Å². The van der Waals surface area contributed by atoms with Gasteiger partial charge in [0.25, 0.3) is 5.91 Å². The second-order valence-corrected chi connectivity index (χ2v) is 22.0. The highest BCUT2D eigenvalue weighted by molar-refractivity contribution is 6.36. The third-order valence-electron chi connectivity index (χ3n) is 16.1. The highest BCUT2D eigenvalue weighted by Gasteiger charge is 2.47. The van der Waals surface area contributed by atoms with Crippen LogP contribution in [0.2, 0.25) is 0 Å². The van der Waals surface area contributed by atoms with Crippen LogP contribution in [-0.2, 0) is 61.9 Å². The number of cyclic esters (lactones) is 1. The lowest BCUT2D eigenvalue weighted by Gasteiger charge is -2.43. The van der Waals surface area contributed by atoms with Crippen molar-refractivity contribution in [1.82, 2.24) is 4.90 Å². The van der Waals surface area contributed by atoms with Crippen LogP contribution in [0.25, 0.3) is 0 Å². The first-order chi connectivity index (χ1) is 35.6. The normalized spacial score (nSPS) is 39.1. The van der Waals surface area contributed by atoms with Crippen LogP contribution in [0, 0.1) is 35.5 Å². The predicted molar refractivity (Wildman–Crippen MR) is 274 cm³/mol. The van der Waals surface area contributed by atoms with Crippen molar-refractivity contribution < 1.29 is 80.9 Å². The Labute approximate surface area is 443 Å². The second-order valence-electron chi connectivity index (χ2n) is 22.0. The molecule has 4 aliphatic heterocycles. The van der Waals surface area contributed by atoms with Gasteiger partial charge in [0, 0.05) is 51.4 Å². The van der Waals surface area contributed by atoms with Crippen LogP contribution < -0.4 is 0 Å². The topological polar surface area (TPSA) is 203 Å². The SMILES string of the molecule is CO[C@@H]1C[C@H](C[C@@H](C)[C@@H]2CC(=O)[C@H](C)/C=C(\C)[C@@H](O)[C@@H](OC)C(=O)[C@H](C)C[C@H](C)/C=C/C=C/C=C(\C)C(OCC3COCCO3)C[C@@H]3CC[C@@H](C)[C@](O)(CC(=O)C(=O)N4CCCC[C@H]4C(=O)O2)O3)CC[C@H]1OC(F)F. The van der Waals surface area contributed by atoms with Crippen LogP contribution in [0.4, 0.5) is 8.78 Å². The van der Waals surface area contributed by atoms with Crippen molar-refractivity contribution in [3.63, 3.8) is 0 Å². The summed E-state index contributed by atoms with van der Waals surface area (Å²) in [6.07, 6.45) is 8.80. The molecular weight excluding hydrogens is 977 g/mol. The lowest BCUT2D eigenvalue weighted by atomic mass is 9.78. The summed E-state index contributed by atoms with van der Waals surface area (Å²) >= 11 is 0. The Morgan fingerprint density at radius 1 is 0.880 bits per heavy atom. The molecule has 3 saturated heterocycles. The number of nitrogens with zero attached hydrogens (tertiary/aromatic N) is 1. The molecule has 75 heavy (non-hydrogen) atoms. The first-order valence-corrected chi connectivity index (χ1v) is 27.3. The molecule has 2 unspecified atom stereocenters. The number of carbonyl (C=O) groups excluding carboxylic acids is 5. The molecule has 16 atom stereocenters. The summed E-state index contributed by atoms with van der Waals surface area (Å²) in [6, 6.07) is -1.16. The standard InChI is InChI=1S/C57H87F2NO15/c1-34-15-11-10-12-16-35(2)48(72-33-43-32-70-23-24-71-43)29-42-20-18-40(7)57(67,75-42)31-46(62)54(65)60-22-14-13-17-44(60)55(66)73-49(37(4)27-41-19-21-47(74-56(58)59)50(28-41)68-8)30-45(61)36(3)26-39(6)52(64)53(69-9)51(63)38(5)25-34/h10-12,15-16,26,34,36-38,40-44,47-50,52-53,56,64,67H,13-14,17-25,27-33H2,1-9H3/b12-10+,15-11+,35-16+,39-26+/t34-,36-,37-,38-,40-,41+,42+,43?,44+,47-,48?,49+,50-,52-,53+,57+/m1/s1. The van der Waals surface area contributed by atoms with E-state index in [1.165, 1.54) is 19.1 Å². The maximum Gasteiger partial charge on any atom is 0.345 e. The number of piperidine rings is 1. The summed E-state index contributed by atoms with van der Waals surface area (Å²) in [5.74, 6) is -7.60. The number of hydrogen-bond donors (Lipinski definition) is 2. The van der Waals surface area contributed by atoms with Gasteiger partial charge in [-0.05, 0) is 107 Å². The second kappa shape index (κ2) is 30.0. The summed E-state index contributed by atoms with van der Waals surface area (Å²) in [7, 11) is 2.80. The van der Waals surface area contributed by atoms with E-state index in [0.29, 0.717) is 89.6 Å². The van der Waals surface area contributed by atoms with Crippen molar-refractivity contribution in [2.75, 3.05) is 47.2 Å². The van der Waals surface area contributed by atoms with Crippen LogP contribution in [0.5, 0.6) is 0 Å². The van der Waals surface area contributed by atoms with Gasteiger partial charge in [-0.25, -0.2) is 4.79 Å². The molecule has 4 heterocycles. The molecule has 16 nitrogen and oxygen atoms in total. The Hall–Kier alpha value is -3.59. The Morgan fingerprint density at radius 2 is 1.64 bits per heavy atom. The number of methoxy groups -OCH3 is 2. The number of hydrogen-bond acceptors (Lipinski definition) is 15. The Kier molecular flexibility index (Phi) is 24.9. The van der Waals surface area contributed by atoms with Gasteiger partial charge < -0.3 is 53.0 Å². The number of Topliss-reactive ketones (excluding diaryl/α,β-unsaturated/α-hetero) is 3. The highest BCUT2D eigenvalue weighted by Crippen LogP contribution is 2.39. The minimum atomic E-state index is -2.96. The number of amides is 1. The molecule has 5 rings (SSSR count). The number of aliphatic hydroxyl groups is 2. The van der Waals surface area contributed by atoms with Crippen LogP contribution in [-0.4, -0.2) is 159 Å². The molecule has 2 N–H and O–H groups in total. The molecule has 5 aliphatic rings. The maximum absolute atomic E-state index is 14.5. The van der Waals surface area contributed by atoms with Crippen molar-refractivity contribution in [3.8, 4) is 0 Å². The van der Waals surface area contributed by atoms with E-state index in [0.717, 1.165) is 5.57 Å². The van der Waals surface area contributed by atoms with Crippen LogP contribution in [0.1, 0.15) is 132 Å². The van der Waals surface area contributed by atoms with Gasteiger partial charge in [0.15, 0.2) is 11.6 Å². The van der Waals surface area contributed by atoms with E-state index < -0.39 is 109 Å². The molecule has 0 aromatic rings. The summed E-state index contributed by atoms with van der Waals surface area (Å²) in [5.41, 5.74) is 1.22. The fraction of sp³-hybridized carbons (Fsp3) is 0.772. The molecular formula is C57H87F2NO15. The summed E-state index contributed by atoms with van der Waals surface area (Å²) < 4.78 is 73.1. The van der Waals surface area contributed by atoms with Crippen LogP contribution in [0.3, 0.4) is 0 Å². The number of esters is 1. The zero-order chi connectivity index (χ0) is 55.0. The number of carbonyl (C=O) groups is 5. The zero-order valence-corrected chi connectivity index (χ0v) is 45.8. The lowest BCUT2D eigenvalue weighted by molar-refractivity contribution is -0.282. The Morgan fingerprint density at radius 3 is 2.33 bits per heavy atom. The molecule has 424 valence electrons. The Balaban J connectivity index is 1.45. The number of alkyl halides is 2. The molecule has 4 fully saturated rings. The molecule has 1 saturated carbocycles. The minimum Gasteiger partial charge on any atom is -0.460 e. The van der Waals surface area contributed by atoms with Crippen molar-refractivity contribution in [3.05, 3.63) is 47.6 Å². The molecule has 0 spiro atoms. The number of rotatable bonds is 10. The van der Waals surface area contributed by atoms with Gasteiger partial charge in [0.1, 0.15) is 36.2 Å². The Bertz CT molecular complexity index is 2010. The first kappa shape index (κ1) is 62.3. The first-order valence-electron chi connectivity index (χ1n) is 27.3. The molecule has 18 heteroatoms. The molecule has 2 bridgehead atoms. The van der Waals surface area contributed by atoms with Gasteiger partial charge in [0.2, 0.25) is 5.78 Å². The minimum absolute atomic E-state index is 0.0231.